The minimum absolute atomic E-state index is 0.00294. The number of nitrogens with one attached hydrogen (secondary N) is 1. The van der Waals surface area contributed by atoms with Gasteiger partial charge in [-0.15, -0.1) is 22.7 Å². The van der Waals surface area contributed by atoms with Gasteiger partial charge in [-0.1, -0.05) is 19.9 Å². The summed E-state index contributed by atoms with van der Waals surface area (Å²) < 4.78 is 0. The second kappa shape index (κ2) is 6.33. The fraction of sp³-hybridized carbons (Fsp3) is 0.333. The van der Waals surface area contributed by atoms with Crippen LogP contribution in [0.2, 0.25) is 0 Å². The first-order chi connectivity index (χ1) is 9.49. The van der Waals surface area contributed by atoms with Crippen molar-refractivity contribution in [1.82, 2.24) is 5.32 Å². The normalized spacial score (nSPS) is 12.4. The van der Waals surface area contributed by atoms with Crippen molar-refractivity contribution < 1.29 is 9.59 Å². The topological polar surface area (TPSA) is 46.2 Å². The molecule has 2 aromatic heterocycles. The van der Waals surface area contributed by atoms with Crippen molar-refractivity contribution >= 4 is 34.4 Å². The lowest BCUT2D eigenvalue weighted by molar-refractivity contribution is 0.0927. The van der Waals surface area contributed by atoms with E-state index in [1.54, 1.807) is 22.8 Å². The van der Waals surface area contributed by atoms with Gasteiger partial charge in [0.05, 0.1) is 16.5 Å². The number of carbonyl (C=O) groups excluding carboxylic acids is 2. The van der Waals surface area contributed by atoms with Gasteiger partial charge in [-0.2, -0.15) is 0 Å². The Bertz CT molecular complexity index is 599. The van der Waals surface area contributed by atoms with Gasteiger partial charge in [0, 0.05) is 10.3 Å². The Morgan fingerprint density at radius 1 is 1.25 bits per heavy atom. The Kier molecular flexibility index (Phi) is 4.73. The highest BCUT2D eigenvalue weighted by Crippen LogP contribution is 2.26. The van der Waals surface area contributed by atoms with E-state index in [1.807, 2.05) is 17.5 Å². The maximum absolute atomic E-state index is 12.3. The predicted molar refractivity (Wildman–Crippen MR) is 83.7 cm³/mol. The zero-order valence-corrected chi connectivity index (χ0v) is 13.3. The Balaban J connectivity index is 2.14. The number of hydrogen-bond donors (Lipinski definition) is 1. The lowest BCUT2D eigenvalue weighted by Crippen LogP contribution is -2.30. The van der Waals surface area contributed by atoms with Crippen molar-refractivity contribution in [3.63, 3.8) is 0 Å². The largest absolute Gasteiger partial charge is 0.344 e. The molecule has 5 heteroatoms. The quantitative estimate of drug-likeness (QED) is 0.844. The minimum Gasteiger partial charge on any atom is -0.344 e. The van der Waals surface area contributed by atoms with Crippen molar-refractivity contribution in [3.05, 3.63) is 44.3 Å². The third kappa shape index (κ3) is 3.35. The molecule has 0 bridgehead atoms. The number of rotatable bonds is 5. The number of ketones is 1. The summed E-state index contributed by atoms with van der Waals surface area (Å²) in [6.45, 7) is 5.68. The van der Waals surface area contributed by atoms with Gasteiger partial charge in [0.1, 0.15) is 0 Å². The molecule has 1 amide bonds. The second-order valence-electron chi connectivity index (χ2n) is 4.97. The van der Waals surface area contributed by atoms with Crippen LogP contribution in [0.3, 0.4) is 0 Å². The molecule has 0 radical (unpaired) electrons. The number of hydrogen-bond acceptors (Lipinski definition) is 4. The van der Waals surface area contributed by atoms with E-state index in [2.05, 4.69) is 19.2 Å². The maximum atomic E-state index is 12.3. The van der Waals surface area contributed by atoms with Gasteiger partial charge in [-0.3, -0.25) is 9.59 Å². The summed E-state index contributed by atoms with van der Waals surface area (Å²) in [4.78, 5) is 25.3. The van der Waals surface area contributed by atoms with Crippen LogP contribution < -0.4 is 5.32 Å². The van der Waals surface area contributed by atoms with Crippen LogP contribution >= 0.6 is 22.7 Å². The monoisotopic (exact) mass is 307 g/mol. The predicted octanol–water partition coefficient (Wildman–Crippen LogP) is 4.14. The highest BCUT2D eigenvalue weighted by atomic mass is 32.1. The molecule has 0 aliphatic heterocycles. The number of carbonyl (C=O) groups is 2. The lowest BCUT2D eigenvalue weighted by Gasteiger charge is -2.20. The molecule has 0 aliphatic carbocycles. The summed E-state index contributed by atoms with van der Waals surface area (Å²) in [5.74, 6) is 0.178. The van der Waals surface area contributed by atoms with E-state index >= 15 is 0 Å². The van der Waals surface area contributed by atoms with E-state index in [-0.39, 0.29) is 17.7 Å². The first-order valence-corrected chi connectivity index (χ1v) is 8.18. The smallest absolute Gasteiger partial charge is 0.252 e. The zero-order valence-electron chi connectivity index (χ0n) is 11.7. The molecule has 0 fully saturated rings. The van der Waals surface area contributed by atoms with Crippen molar-refractivity contribution in [2.45, 2.75) is 26.8 Å². The van der Waals surface area contributed by atoms with Crippen LogP contribution in [0.15, 0.2) is 29.0 Å². The molecule has 20 heavy (non-hydrogen) atoms. The molecule has 0 aliphatic rings. The van der Waals surface area contributed by atoms with Gasteiger partial charge in [0.25, 0.3) is 5.91 Å². The molecule has 2 aromatic rings. The highest BCUT2D eigenvalue weighted by molar-refractivity contribution is 7.12. The van der Waals surface area contributed by atoms with Crippen LogP contribution in [0, 0.1) is 5.92 Å². The first kappa shape index (κ1) is 14.9. The molecule has 0 unspecified atom stereocenters. The van der Waals surface area contributed by atoms with Gasteiger partial charge in [-0.05, 0) is 30.4 Å². The third-order valence-corrected chi connectivity index (χ3v) is 5.00. The summed E-state index contributed by atoms with van der Waals surface area (Å²) >= 11 is 2.95. The summed E-state index contributed by atoms with van der Waals surface area (Å²) in [6.07, 6.45) is 0. The van der Waals surface area contributed by atoms with Crippen molar-refractivity contribution in [2.24, 2.45) is 5.92 Å². The highest BCUT2D eigenvalue weighted by Gasteiger charge is 2.20. The van der Waals surface area contributed by atoms with Crippen molar-refractivity contribution in [1.29, 1.82) is 0 Å². The van der Waals surface area contributed by atoms with Crippen molar-refractivity contribution in [2.75, 3.05) is 0 Å². The third-order valence-electron chi connectivity index (χ3n) is 3.01. The molecule has 106 valence electrons. The Morgan fingerprint density at radius 2 is 2.00 bits per heavy atom. The van der Waals surface area contributed by atoms with Gasteiger partial charge in [0.15, 0.2) is 5.78 Å². The minimum atomic E-state index is -0.124. The molecule has 0 spiro atoms. The Hall–Kier alpha value is -1.46. The van der Waals surface area contributed by atoms with Gasteiger partial charge >= 0.3 is 0 Å². The molecule has 1 atom stereocenters. The van der Waals surface area contributed by atoms with Crippen LogP contribution in [0.5, 0.6) is 0 Å². The van der Waals surface area contributed by atoms with Gasteiger partial charge in [-0.25, -0.2) is 0 Å². The van der Waals surface area contributed by atoms with Crippen LogP contribution in [-0.2, 0) is 0 Å². The van der Waals surface area contributed by atoms with Crippen molar-refractivity contribution in [3.8, 4) is 0 Å². The lowest BCUT2D eigenvalue weighted by atomic mass is 10.0. The number of Topliss-reactive ketones (excluding diaryl/α,β-unsaturated/α-hetero) is 1. The zero-order chi connectivity index (χ0) is 14.7. The van der Waals surface area contributed by atoms with Gasteiger partial charge < -0.3 is 5.32 Å². The summed E-state index contributed by atoms with van der Waals surface area (Å²) in [5, 5.41) is 6.80. The van der Waals surface area contributed by atoms with E-state index in [0.717, 1.165) is 4.88 Å². The Morgan fingerprint density at radius 3 is 2.50 bits per heavy atom. The van der Waals surface area contributed by atoms with E-state index in [1.165, 1.54) is 18.3 Å². The fourth-order valence-electron chi connectivity index (χ4n) is 1.90. The summed E-state index contributed by atoms with van der Waals surface area (Å²) in [7, 11) is 0. The summed E-state index contributed by atoms with van der Waals surface area (Å²) in [5.41, 5.74) is 0.558. The average molecular weight is 307 g/mol. The number of thiophene rings is 2. The van der Waals surface area contributed by atoms with Crippen LogP contribution in [-0.4, -0.2) is 11.7 Å². The molecule has 2 rings (SSSR count). The molecule has 3 nitrogen and oxygen atoms in total. The maximum Gasteiger partial charge on any atom is 0.252 e. The molecule has 0 saturated carbocycles. The van der Waals surface area contributed by atoms with E-state index in [9.17, 15) is 9.59 Å². The van der Waals surface area contributed by atoms with Gasteiger partial charge in [0.2, 0.25) is 0 Å². The molecule has 0 saturated heterocycles. The number of amides is 1. The molecule has 1 N–H and O–H groups in total. The summed E-state index contributed by atoms with van der Waals surface area (Å²) in [6, 6.07) is 5.68. The van der Waals surface area contributed by atoms with Crippen LogP contribution in [0.4, 0.5) is 0 Å². The molecular formula is C15H17NO2S2. The average Bonchev–Trinajstić information content (AvgIpc) is 3.05. The molecule has 2 heterocycles. The first-order valence-electron chi connectivity index (χ1n) is 6.42. The standard InChI is InChI=1S/C15H17NO2S2/c1-9(2)14(12-5-4-6-19-12)16-15(18)11-7-13(10(3)17)20-8-11/h4-9,14H,1-3H3,(H,16,18)/t14-/m0/s1. The fourth-order valence-corrected chi connectivity index (χ4v) is 3.64. The molecule has 0 aromatic carbocycles. The Labute approximate surface area is 126 Å². The SMILES string of the molecule is CC(=O)c1cc(C(=O)N[C@H](c2cccs2)C(C)C)cs1. The van der Waals surface area contributed by atoms with E-state index < -0.39 is 0 Å². The van der Waals surface area contributed by atoms with Crippen LogP contribution in [0.25, 0.3) is 0 Å². The van der Waals surface area contributed by atoms with E-state index in [4.69, 9.17) is 0 Å². The second-order valence-corrected chi connectivity index (χ2v) is 6.86. The molecular weight excluding hydrogens is 290 g/mol. The van der Waals surface area contributed by atoms with E-state index in [0.29, 0.717) is 16.4 Å². The van der Waals surface area contributed by atoms with Crippen LogP contribution in [0.1, 0.15) is 51.7 Å².